The van der Waals surface area contributed by atoms with Crippen molar-refractivity contribution in [3.05, 3.63) is 16.1 Å². The minimum atomic E-state index is 0.494. The van der Waals surface area contributed by atoms with Gasteiger partial charge in [-0.25, -0.2) is 4.98 Å². The molecule has 0 saturated heterocycles. The van der Waals surface area contributed by atoms with E-state index in [1.165, 1.54) is 5.69 Å². The van der Waals surface area contributed by atoms with Gasteiger partial charge < -0.3 is 10.6 Å². The van der Waals surface area contributed by atoms with Crippen molar-refractivity contribution in [2.45, 2.75) is 40.2 Å². The molecular formula is C13H24N4S. The fourth-order valence-corrected chi connectivity index (χ4v) is 2.25. The van der Waals surface area contributed by atoms with Gasteiger partial charge in [-0.15, -0.1) is 11.3 Å². The highest BCUT2D eigenvalue weighted by Crippen LogP contribution is 2.17. The molecule has 0 amide bonds. The zero-order valence-corrected chi connectivity index (χ0v) is 12.8. The quantitative estimate of drug-likeness (QED) is 0.637. The maximum Gasteiger partial charge on any atom is 0.191 e. The number of guanidine groups is 1. The summed E-state index contributed by atoms with van der Waals surface area (Å²) in [5, 5.41) is 9.80. The van der Waals surface area contributed by atoms with E-state index in [4.69, 9.17) is 0 Å². The third-order valence-electron chi connectivity index (χ3n) is 2.47. The summed E-state index contributed by atoms with van der Waals surface area (Å²) in [6.45, 7) is 10.3. The van der Waals surface area contributed by atoms with Gasteiger partial charge in [0, 0.05) is 19.0 Å². The van der Waals surface area contributed by atoms with Crippen LogP contribution in [0.25, 0.3) is 0 Å². The van der Waals surface area contributed by atoms with E-state index in [1.54, 1.807) is 18.4 Å². The molecule has 0 radical (unpaired) electrons. The minimum Gasteiger partial charge on any atom is -0.356 e. The Balaban J connectivity index is 2.42. The summed E-state index contributed by atoms with van der Waals surface area (Å²) in [5.41, 5.74) is 1.17. The second kappa shape index (κ2) is 7.36. The van der Waals surface area contributed by atoms with Crippen LogP contribution in [0, 0.1) is 5.92 Å². The smallest absolute Gasteiger partial charge is 0.191 e. The molecule has 0 aliphatic carbocycles. The first-order valence-electron chi connectivity index (χ1n) is 6.41. The molecule has 0 atom stereocenters. The second-order valence-corrected chi connectivity index (χ2v) is 5.96. The van der Waals surface area contributed by atoms with Crippen LogP contribution in [-0.4, -0.2) is 24.5 Å². The molecule has 0 aliphatic rings. The van der Waals surface area contributed by atoms with E-state index >= 15 is 0 Å². The Bertz CT molecular complexity index is 382. The lowest BCUT2D eigenvalue weighted by molar-refractivity contribution is 0.614. The minimum absolute atomic E-state index is 0.494. The van der Waals surface area contributed by atoms with Gasteiger partial charge in [0.2, 0.25) is 0 Å². The van der Waals surface area contributed by atoms with Crippen LogP contribution in [0.2, 0.25) is 0 Å². The molecule has 0 spiro atoms. The molecule has 0 bridgehead atoms. The Hall–Kier alpha value is -1.10. The fraction of sp³-hybridized carbons (Fsp3) is 0.692. The Labute approximate surface area is 114 Å². The van der Waals surface area contributed by atoms with Gasteiger partial charge in [-0.2, -0.15) is 0 Å². The summed E-state index contributed by atoms with van der Waals surface area (Å²) in [6, 6.07) is 0. The predicted molar refractivity (Wildman–Crippen MR) is 79.2 cm³/mol. The van der Waals surface area contributed by atoms with Crippen molar-refractivity contribution >= 4 is 17.3 Å². The monoisotopic (exact) mass is 268 g/mol. The van der Waals surface area contributed by atoms with Gasteiger partial charge >= 0.3 is 0 Å². The van der Waals surface area contributed by atoms with Gasteiger partial charge in [-0.3, -0.25) is 4.99 Å². The zero-order valence-electron chi connectivity index (χ0n) is 11.9. The first-order chi connectivity index (χ1) is 8.52. The number of rotatable bonds is 5. The molecule has 0 saturated carbocycles. The summed E-state index contributed by atoms with van der Waals surface area (Å²) >= 11 is 1.70. The molecule has 0 aliphatic heterocycles. The fourth-order valence-electron chi connectivity index (χ4n) is 1.35. The molecule has 0 fully saturated rings. The molecule has 0 unspecified atom stereocenters. The first kappa shape index (κ1) is 15.0. The third-order valence-corrected chi connectivity index (χ3v) is 3.34. The Kier molecular flexibility index (Phi) is 6.12. The van der Waals surface area contributed by atoms with Crippen LogP contribution in [0.3, 0.4) is 0 Å². The molecule has 1 aromatic heterocycles. The summed E-state index contributed by atoms with van der Waals surface area (Å²) in [4.78, 5) is 8.77. The van der Waals surface area contributed by atoms with Gasteiger partial charge in [0.05, 0.1) is 12.2 Å². The highest BCUT2D eigenvalue weighted by atomic mass is 32.1. The van der Waals surface area contributed by atoms with Crippen molar-refractivity contribution in [2.24, 2.45) is 10.9 Å². The third kappa shape index (κ3) is 5.04. The zero-order chi connectivity index (χ0) is 13.5. The topological polar surface area (TPSA) is 49.3 Å². The molecule has 4 nitrogen and oxygen atoms in total. The maximum absolute atomic E-state index is 4.58. The summed E-state index contributed by atoms with van der Waals surface area (Å²) in [5.74, 6) is 1.94. The van der Waals surface area contributed by atoms with Crippen molar-refractivity contribution in [3.63, 3.8) is 0 Å². The molecular weight excluding hydrogens is 244 g/mol. The van der Waals surface area contributed by atoms with Crippen LogP contribution >= 0.6 is 11.3 Å². The van der Waals surface area contributed by atoms with Gasteiger partial charge in [0.15, 0.2) is 5.96 Å². The predicted octanol–water partition coefficient (Wildman–Crippen LogP) is 2.59. The Morgan fingerprint density at radius 1 is 1.33 bits per heavy atom. The van der Waals surface area contributed by atoms with Gasteiger partial charge in [0.1, 0.15) is 5.01 Å². The number of nitrogens with one attached hydrogen (secondary N) is 2. The number of nitrogens with zero attached hydrogens (tertiary/aromatic N) is 2. The summed E-state index contributed by atoms with van der Waals surface area (Å²) in [7, 11) is 1.79. The normalized spacial score (nSPS) is 12.3. The van der Waals surface area contributed by atoms with Crippen molar-refractivity contribution in [2.75, 3.05) is 13.6 Å². The molecule has 1 heterocycles. The number of hydrogen-bond acceptors (Lipinski definition) is 3. The first-order valence-corrected chi connectivity index (χ1v) is 7.29. The van der Waals surface area contributed by atoms with E-state index in [-0.39, 0.29) is 0 Å². The average molecular weight is 268 g/mol. The highest BCUT2D eigenvalue weighted by molar-refractivity contribution is 7.09. The van der Waals surface area contributed by atoms with Crippen LogP contribution < -0.4 is 10.6 Å². The van der Waals surface area contributed by atoms with Crippen LogP contribution in [0.4, 0.5) is 0 Å². The highest BCUT2D eigenvalue weighted by Gasteiger charge is 2.06. The van der Waals surface area contributed by atoms with E-state index < -0.39 is 0 Å². The number of aromatic nitrogens is 1. The van der Waals surface area contributed by atoms with Crippen LogP contribution in [0.5, 0.6) is 0 Å². The average Bonchev–Trinajstić information content (AvgIpc) is 2.78. The van der Waals surface area contributed by atoms with E-state index in [1.807, 2.05) is 0 Å². The van der Waals surface area contributed by atoms with Crippen molar-refractivity contribution in [1.82, 2.24) is 15.6 Å². The van der Waals surface area contributed by atoms with Crippen molar-refractivity contribution < 1.29 is 0 Å². The largest absolute Gasteiger partial charge is 0.356 e. The summed E-state index contributed by atoms with van der Waals surface area (Å²) < 4.78 is 0. The molecule has 1 rings (SSSR count). The second-order valence-electron chi connectivity index (χ2n) is 5.02. The van der Waals surface area contributed by atoms with Crippen LogP contribution in [0.15, 0.2) is 10.4 Å². The molecule has 2 N–H and O–H groups in total. The Morgan fingerprint density at radius 3 is 2.56 bits per heavy atom. The molecule has 0 aromatic carbocycles. The SMILES string of the molecule is CN=C(NCc1nc(C(C)C)cs1)NCC(C)C. The van der Waals surface area contributed by atoms with E-state index in [2.05, 4.69) is 53.7 Å². The van der Waals surface area contributed by atoms with Crippen LogP contribution in [0.1, 0.15) is 44.3 Å². The van der Waals surface area contributed by atoms with Crippen molar-refractivity contribution in [1.29, 1.82) is 0 Å². The molecule has 102 valence electrons. The molecule has 5 heteroatoms. The van der Waals surface area contributed by atoms with Gasteiger partial charge in [0.25, 0.3) is 0 Å². The van der Waals surface area contributed by atoms with E-state index in [9.17, 15) is 0 Å². The number of hydrogen-bond donors (Lipinski definition) is 2. The standard InChI is InChI=1S/C13H24N4S/c1-9(2)6-15-13(14-5)16-7-12-17-11(8-18-12)10(3)4/h8-10H,6-7H2,1-5H3,(H2,14,15,16). The summed E-state index contributed by atoms with van der Waals surface area (Å²) in [6.07, 6.45) is 0. The number of aliphatic imine (C=N–C) groups is 1. The van der Waals surface area contributed by atoms with Crippen LogP contribution in [-0.2, 0) is 6.54 Å². The maximum atomic E-state index is 4.58. The van der Waals surface area contributed by atoms with Gasteiger partial charge in [-0.1, -0.05) is 27.7 Å². The molecule has 1 aromatic rings. The van der Waals surface area contributed by atoms with Crippen molar-refractivity contribution in [3.8, 4) is 0 Å². The van der Waals surface area contributed by atoms with Gasteiger partial charge in [-0.05, 0) is 11.8 Å². The lowest BCUT2D eigenvalue weighted by atomic mass is 10.2. The van der Waals surface area contributed by atoms with E-state index in [0.29, 0.717) is 11.8 Å². The molecule has 18 heavy (non-hydrogen) atoms. The Morgan fingerprint density at radius 2 is 2.06 bits per heavy atom. The lowest BCUT2D eigenvalue weighted by Crippen LogP contribution is -2.38. The van der Waals surface area contributed by atoms with E-state index in [0.717, 1.165) is 24.1 Å². The lowest BCUT2D eigenvalue weighted by Gasteiger charge is -2.12. The number of thiazole rings is 1.